The summed E-state index contributed by atoms with van der Waals surface area (Å²) in [6.07, 6.45) is -0.917. The Bertz CT molecular complexity index is 739. The standard InChI is InChI=1S/C19H23NO6/c1-23-14-9-8-12(10-17(14)26-4)13(21)11-20-19(22)18-15(24-2)6-5-7-16(18)25-3/h5-10,13,21H,11H2,1-4H3,(H,20,22). The van der Waals surface area contributed by atoms with Crippen LogP contribution in [0.2, 0.25) is 0 Å². The van der Waals surface area contributed by atoms with Gasteiger partial charge in [0, 0.05) is 6.54 Å². The van der Waals surface area contributed by atoms with Crippen molar-refractivity contribution in [3.8, 4) is 23.0 Å². The van der Waals surface area contributed by atoms with Crippen LogP contribution in [0.15, 0.2) is 36.4 Å². The second-order valence-electron chi connectivity index (χ2n) is 5.38. The summed E-state index contributed by atoms with van der Waals surface area (Å²) < 4.78 is 20.8. The fourth-order valence-corrected chi connectivity index (χ4v) is 2.53. The second-order valence-corrected chi connectivity index (χ2v) is 5.38. The Labute approximate surface area is 152 Å². The molecule has 0 saturated heterocycles. The van der Waals surface area contributed by atoms with Crippen LogP contribution in [0.5, 0.6) is 23.0 Å². The van der Waals surface area contributed by atoms with Gasteiger partial charge in [0.05, 0.1) is 34.5 Å². The number of nitrogens with one attached hydrogen (secondary N) is 1. The van der Waals surface area contributed by atoms with Crippen molar-refractivity contribution in [3.63, 3.8) is 0 Å². The van der Waals surface area contributed by atoms with Gasteiger partial charge >= 0.3 is 0 Å². The smallest absolute Gasteiger partial charge is 0.258 e. The van der Waals surface area contributed by atoms with E-state index < -0.39 is 12.0 Å². The van der Waals surface area contributed by atoms with Crippen molar-refractivity contribution < 1.29 is 28.8 Å². The van der Waals surface area contributed by atoms with Gasteiger partial charge in [0.2, 0.25) is 0 Å². The molecule has 1 amide bonds. The Kier molecular flexibility index (Phi) is 6.68. The molecule has 7 heteroatoms. The average molecular weight is 361 g/mol. The first-order valence-electron chi connectivity index (χ1n) is 7.94. The Hall–Kier alpha value is -2.93. The lowest BCUT2D eigenvalue weighted by Crippen LogP contribution is -2.29. The molecule has 0 bridgehead atoms. The largest absolute Gasteiger partial charge is 0.496 e. The summed E-state index contributed by atoms with van der Waals surface area (Å²) in [6, 6.07) is 10.1. The van der Waals surface area contributed by atoms with E-state index in [1.807, 2.05) is 0 Å². The summed E-state index contributed by atoms with van der Waals surface area (Å²) >= 11 is 0. The topological polar surface area (TPSA) is 86.3 Å². The molecule has 0 aliphatic heterocycles. The van der Waals surface area contributed by atoms with Crippen LogP contribution in [0.25, 0.3) is 0 Å². The van der Waals surface area contributed by atoms with Gasteiger partial charge in [0.15, 0.2) is 11.5 Å². The lowest BCUT2D eigenvalue weighted by atomic mass is 10.1. The minimum absolute atomic E-state index is 0.00944. The Morgan fingerprint density at radius 2 is 1.50 bits per heavy atom. The number of aliphatic hydroxyl groups is 1. The van der Waals surface area contributed by atoms with E-state index in [4.69, 9.17) is 18.9 Å². The van der Waals surface area contributed by atoms with Gasteiger partial charge in [-0.15, -0.1) is 0 Å². The maximum absolute atomic E-state index is 12.5. The predicted molar refractivity (Wildman–Crippen MR) is 96.4 cm³/mol. The average Bonchev–Trinajstić information content (AvgIpc) is 2.70. The molecule has 1 unspecified atom stereocenters. The summed E-state index contributed by atoms with van der Waals surface area (Å²) in [5.41, 5.74) is 0.868. The SMILES string of the molecule is COc1ccc(C(O)CNC(=O)c2c(OC)cccc2OC)cc1OC. The third-order valence-electron chi connectivity index (χ3n) is 3.90. The molecule has 140 valence electrons. The van der Waals surface area contributed by atoms with Gasteiger partial charge in [-0.1, -0.05) is 12.1 Å². The molecule has 1 atom stereocenters. The van der Waals surface area contributed by atoms with Crippen molar-refractivity contribution in [1.82, 2.24) is 5.32 Å². The number of aliphatic hydroxyl groups excluding tert-OH is 1. The number of carbonyl (C=O) groups is 1. The molecule has 0 spiro atoms. The van der Waals surface area contributed by atoms with E-state index in [0.717, 1.165) is 0 Å². The highest BCUT2D eigenvalue weighted by Gasteiger charge is 2.19. The first-order chi connectivity index (χ1) is 12.5. The molecule has 2 N–H and O–H groups in total. The van der Waals surface area contributed by atoms with Crippen molar-refractivity contribution in [2.75, 3.05) is 35.0 Å². The molecule has 0 heterocycles. The van der Waals surface area contributed by atoms with Crippen LogP contribution < -0.4 is 24.3 Å². The van der Waals surface area contributed by atoms with E-state index in [1.54, 1.807) is 36.4 Å². The molecule has 0 aromatic heterocycles. The zero-order valence-electron chi connectivity index (χ0n) is 15.2. The van der Waals surface area contributed by atoms with E-state index >= 15 is 0 Å². The van der Waals surface area contributed by atoms with Gasteiger partial charge in [-0.3, -0.25) is 4.79 Å². The lowest BCUT2D eigenvalue weighted by molar-refractivity contribution is 0.0910. The molecule has 2 aromatic rings. The Morgan fingerprint density at radius 1 is 0.923 bits per heavy atom. The molecule has 0 aliphatic carbocycles. The normalized spacial score (nSPS) is 11.4. The van der Waals surface area contributed by atoms with Crippen LogP contribution in [-0.2, 0) is 0 Å². The molecule has 0 aliphatic rings. The van der Waals surface area contributed by atoms with E-state index in [1.165, 1.54) is 28.4 Å². The van der Waals surface area contributed by atoms with Gasteiger partial charge in [-0.05, 0) is 29.8 Å². The van der Waals surface area contributed by atoms with E-state index in [2.05, 4.69) is 5.32 Å². The predicted octanol–water partition coefficient (Wildman–Crippen LogP) is 2.18. The van der Waals surface area contributed by atoms with Gasteiger partial charge < -0.3 is 29.4 Å². The lowest BCUT2D eigenvalue weighted by Gasteiger charge is -2.16. The van der Waals surface area contributed by atoms with Crippen molar-refractivity contribution >= 4 is 5.91 Å². The number of carbonyl (C=O) groups excluding carboxylic acids is 1. The highest BCUT2D eigenvalue weighted by molar-refractivity contribution is 5.99. The van der Waals surface area contributed by atoms with Gasteiger partial charge in [0.1, 0.15) is 17.1 Å². The van der Waals surface area contributed by atoms with Crippen molar-refractivity contribution in [2.45, 2.75) is 6.10 Å². The molecule has 0 saturated carbocycles. The number of ether oxygens (including phenoxy) is 4. The number of methoxy groups -OCH3 is 4. The monoisotopic (exact) mass is 361 g/mol. The summed E-state index contributed by atoms with van der Waals surface area (Å²) in [6.45, 7) is 0.00944. The van der Waals surface area contributed by atoms with Crippen LogP contribution in [0.4, 0.5) is 0 Å². The third-order valence-corrected chi connectivity index (χ3v) is 3.90. The fourth-order valence-electron chi connectivity index (χ4n) is 2.53. The number of rotatable bonds is 8. The minimum atomic E-state index is -0.917. The second kappa shape index (κ2) is 8.96. The summed E-state index contributed by atoms with van der Waals surface area (Å²) in [5.74, 6) is 1.44. The van der Waals surface area contributed by atoms with E-state index in [9.17, 15) is 9.90 Å². The third kappa shape index (κ3) is 4.18. The van der Waals surface area contributed by atoms with Crippen molar-refractivity contribution in [1.29, 1.82) is 0 Å². The van der Waals surface area contributed by atoms with Crippen LogP contribution in [0.1, 0.15) is 22.0 Å². The number of hydrogen-bond acceptors (Lipinski definition) is 6. The Morgan fingerprint density at radius 3 is 2.04 bits per heavy atom. The van der Waals surface area contributed by atoms with Crippen molar-refractivity contribution in [2.24, 2.45) is 0 Å². The molecule has 0 radical (unpaired) electrons. The van der Waals surface area contributed by atoms with Crippen molar-refractivity contribution in [3.05, 3.63) is 47.5 Å². The summed E-state index contributed by atoms with van der Waals surface area (Å²) in [4.78, 5) is 12.5. The zero-order chi connectivity index (χ0) is 19.1. The first-order valence-corrected chi connectivity index (χ1v) is 7.94. The number of amides is 1. The molecule has 7 nitrogen and oxygen atoms in total. The minimum Gasteiger partial charge on any atom is -0.496 e. The molecular weight excluding hydrogens is 338 g/mol. The van der Waals surface area contributed by atoms with Gasteiger partial charge in [-0.25, -0.2) is 0 Å². The zero-order valence-corrected chi connectivity index (χ0v) is 15.2. The highest BCUT2D eigenvalue weighted by atomic mass is 16.5. The molecule has 2 rings (SSSR count). The van der Waals surface area contributed by atoms with Crippen LogP contribution >= 0.6 is 0 Å². The number of hydrogen-bond donors (Lipinski definition) is 2. The highest BCUT2D eigenvalue weighted by Crippen LogP contribution is 2.30. The molecule has 0 fully saturated rings. The summed E-state index contributed by atoms with van der Waals surface area (Å²) in [7, 11) is 6.01. The molecule has 2 aromatic carbocycles. The first kappa shape index (κ1) is 19.4. The summed E-state index contributed by atoms with van der Waals surface area (Å²) in [5, 5.41) is 13.1. The molecular formula is C19H23NO6. The van der Waals surface area contributed by atoms with Gasteiger partial charge in [-0.2, -0.15) is 0 Å². The van der Waals surface area contributed by atoms with Crippen LogP contribution in [-0.4, -0.2) is 46.0 Å². The van der Waals surface area contributed by atoms with Crippen LogP contribution in [0, 0.1) is 0 Å². The van der Waals surface area contributed by atoms with E-state index in [0.29, 0.717) is 28.6 Å². The maximum atomic E-state index is 12.5. The molecule has 26 heavy (non-hydrogen) atoms. The fraction of sp³-hybridized carbons (Fsp3) is 0.316. The number of benzene rings is 2. The van der Waals surface area contributed by atoms with Gasteiger partial charge in [0.25, 0.3) is 5.91 Å². The maximum Gasteiger partial charge on any atom is 0.258 e. The van der Waals surface area contributed by atoms with Crippen LogP contribution in [0.3, 0.4) is 0 Å². The quantitative estimate of drug-likeness (QED) is 0.750. The van der Waals surface area contributed by atoms with E-state index in [-0.39, 0.29) is 12.1 Å². The Balaban J connectivity index is 2.13.